The van der Waals surface area contributed by atoms with E-state index in [1.54, 1.807) is 11.3 Å². The zero-order chi connectivity index (χ0) is 20.8. The summed E-state index contributed by atoms with van der Waals surface area (Å²) in [5.41, 5.74) is 5.69. The van der Waals surface area contributed by atoms with E-state index < -0.39 is 0 Å². The van der Waals surface area contributed by atoms with Crippen LogP contribution in [0.4, 0.5) is 0 Å². The molecule has 0 spiro atoms. The number of aryl methyl sites for hydroxylation is 2. The van der Waals surface area contributed by atoms with Crippen LogP contribution in [0.3, 0.4) is 0 Å². The molecule has 0 amide bonds. The monoisotopic (exact) mass is 450 g/mol. The third kappa shape index (κ3) is 5.77. The first-order valence-corrected chi connectivity index (χ1v) is 12.9. The molecule has 2 heterocycles. The van der Waals surface area contributed by atoms with E-state index in [2.05, 4.69) is 39.8 Å². The van der Waals surface area contributed by atoms with Crippen LogP contribution in [0.1, 0.15) is 79.7 Å². The summed E-state index contributed by atoms with van der Waals surface area (Å²) in [4.78, 5) is 2.68. The summed E-state index contributed by atoms with van der Waals surface area (Å²) in [5, 5.41) is 0. The molecule has 29 heavy (non-hydrogen) atoms. The highest BCUT2D eigenvalue weighted by Crippen LogP contribution is 2.44. The lowest BCUT2D eigenvalue weighted by molar-refractivity contribution is 0.202. The Bertz CT molecular complexity index is 830. The summed E-state index contributed by atoms with van der Waals surface area (Å²) in [6, 6.07) is 4.47. The summed E-state index contributed by atoms with van der Waals surface area (Å²) in [5.74, 6) is 0. The molecule has 1 aliphatic rings. The van der Waals surface area contributed by atoms with Crippen LogP contribution in [0.2, 0.25) is 4.34 Å². The first-order valence-electron chi connectivity index (χ1n) is 10.9. The van der Waals surface area contributed by atoms with Gasteiger partial charge in [0, 0.05) is 27.7 Å². The Balaban J connectivity index is 1.88. The smallest absolute Gasteiger partial charge is 0.407 e. The number of halogens is 1. The van der Waals surface area contributed by atoms with E-state index in [9.17, 15) is 0 Å². The number of thiophene rings is 2. The van der Waals surface area contributed by atoms with Crippen LogP contribution in [0.15, 0.2) is 12.1 Å². The highest BCUT2D eigenvalue weighted by Gasteiger charge is 2.28. The van der Waals surface area contributed by atoms with E-state index >= 15 is 0 Å². The molecule has 0 aromatic carbocycles. The first kappa shape index (κ1) is 23.1. The van der Waals surface area contributed by atoms with E-state index in [1.807, 2.05) is 11.3 Å². The van der Waals surface area contributed by atoms with Gasteiger partial charge in [-0.05, 0) is 80.4 Å². The maximum Gasteiger partial charge on any atom is 0.504 e. The zero-order valence-electron chi connectivity index (χ0n) is 18.1. The second-order valence-corrected chi connectivity index (χ2v) is 10.9. The summed E-state index contributed by atoms with van der Waals surface area (Å²) < 4.78 is 14.4. The highest BCUT2D eigenvalue weighted by atomic mass is 35.5. The van der Waals surface area contributed by atoms with Gasteiger partial charge in [0.1, 0.15) is 0 Å². The maximum atomic E-state index is 6.30. The lowest BCUT2D eigenvalue weighted by Crippen LogP contribution is -2.35. The van der Waals surface area contributed by atoms with E-state index in [0.717, 1.165) is 56.1 Å². The molecule has 3 rings (SSSR count). The molecule has 1 aliphatic carbocycles. The van der Waals surface area contributed by atoms with Crippen molar-refractivity contribution in [3.63, 3.8) is 0 Å². The molecule has 0 atom stereocenters. The fraction of sp³-hybridized carbons (Fsp3) is 0.565. The minimum atomic E-state index is -0.242. The number of unbranched alkanes of at least 4 members (excludes halogenated alkanes) is 2. The van der Waals surface area contributed by atoms with Crippen LogP contribution in [0.25, 0.3) is 11.1 Å². The topological polar surface area (TPSA) is 18.5 Å². The van der Waals surface area contributed by atoms with Gasteiger partial charge in [-0.2, -0.15) is 0 Å². The van der Waals surface area contributed by atoms with Crippen molar-refractivity contribution in [2.45, 2.75) is 72.6 Å². The van der Waals surface area contributed by atoms with E-state index in [-0.39, 0.29) is 7.12 Å². The van der Waals surface area contributed by atoms with Crippen molar-refractivity contribution >= 4 is 57.3 Å². The molecule has 0 saturated carbocycles. The normalized spacial score (nSPS) is 14.2. The van der Waals surface area contributed by atoms with E-state index in [0.29, 0.717) is 0 Å². The number of allylic oxidation sites excluding steroid dienone is 2. The minimum Gasteiger partial charge on any atom is -0.407 e. The van der Waals surface area contributed by atoms with E-state index in [4.69, 9.17) is 20.9 Å². The summed E-state index contributed by atoms with van der Waals surface area (Å²) in [7, 11) is -0.242. The molecular weight excluding hydrogens is 419 g/mol. The fourth-order valence-electron chi connectivity index (χ4n) is 3.89. The van der Waals surface area contributed by atoms with Crippen molar-refractivity contribution in [1.82, 2.24) is 0 Å². The molecule has 2 aromatic heterocycles. The molecule has 0 saturated heterocycles. The predicted octanol–water partition coefficient (Wildman–Crippen LogP) is 7.50. The van der Waals surface area contributed by atoms with Crippen LogP contribution in [-0.4, -0.2) is 20.3 Å². The second kappa shape index (κ2) is 11.2. The molecule has 6 heteroatoms. The zero-order valence-corrected chi connectivity index (χ0v) is 20.5. The van der Waals surface area contributed by atoms with Gasteiger partial charge < -0.3 is 9.31 Å². The van der Waals surface area contributed by atoms with Gasteiger partial charge in [-0.3, -0.25) is 0 Å². The van der Waals surface area contributed by atoms with Crippen molar-refractivity contribution in [3.05, 3.63) is 37.4 Å². The quantitative estimate of drug-likeness (QED) is 0.260. The lowest BCUT2D eigenvalue weighted by atomic mass is 9.85. The summed E-state index contributed by atoms with van der Waals surface area (Å²) >= 11 is 9.81. The van der Waals surface area contributed by atoms with Crippen LogP contribution in [0.5, 0.6) is 0 Å². The molecule has 0 unspecified atom stereocenters. The van der Waals surface area contributed by atoms with Crippen molar-refractivity contribution in [2.75, 3.05) is 13.2 Å². The SMILES string of the molecule is CCCCOB(OCCCC)c1cc(C2=C(c3cc(Cl)sc3C)CCC2)c(C)s1. The number of hydrogen-bond donors (Lipinski definition) is 0. The number of rotatable bonds is 11. The minimum absolute atomic E-state index is 0.242. The molecule has 0 N–H and O–H groups in total. The Morgan fingerprint density at radius 3 is 1.97 bits per heavy atom. The molecule has 0 bridgehead atoms. The van der Waals surface area contributed by atoms with Crippen LogP contribution >= 0.6 is 34.3 Å². The molecular formula is C23H32BClO2S2. The molecule has 0 radical (unpaired) electrons. The standard InChI is InChI=1S/C23H32BClO2S2/c1-5-7-12-26-24(27-13-8-6-2)22-14-20(16(3)28-22)18-10-9-11-19(18)21-15-23(25)29-17(21)4/h14-15H,5-13H2,1-4H3. The van der Waals surface area contributed by atoms with Crippen LogP contribution < -0.4 is 4.78 Å². The van der Waals surface area contributed by atoms with Gasteiger partial charge in [0.15, 0.2) is 0 Å². The highest BCUT2D eigenvalue weighted by molar-refractivity contribution is 7.22. The molecule has 0 aliphatic heterocycles. The van der Waals surface area contributed by atoms with Gasteiger partial charge >= 0.3 is 7.12 Å². The van der Waals surface area contributed by atoms with E-state index in [1.165, 1.54) is 43.2 Å². The lowest BCUT2D eigenvalue weighted by Gasteiger charge is -2.13. The Morgan fingerprint density at radius 2 is 1.45 bits per heavy atom. The molecule has 158 valence electrons. The molecule has 0 fully saturated rings. The Labute approximate surface area is 189 Å². The van der Waals surface area contributed by atoms with Crippen LogP contribution in [0, 0.1) is 13.8 Å². The number of hydrogen-bond acceptors (Lipinski definition) is 4. The van der Waals surface area contributed by atoms with Gasteiger partial charge in [-0.15, -0.1) is 22.7 Å². The van der Waals surface area contributed by atoms with Gasteiger partial charge in [0.2, 0.25) is 0 Å². The Kier molecular flexibility index (Phi) is 8.88. The second-order valence-electron chi connectivity index (χ2n) is 7.73. The summed E-state index contributed by atoms with van der Waals surface area (Å²) in [6.07, 6.45) is 7.89. The van der Waals surface area contributed by atoms with Crippen molar-refractivity contribution in [2.24, 2.45) is 0 Å². The van der Waals surface area contributed by atoms with Crippen LogP contribution in [-0.2, 0) is 9.31 Å². The largest absolute Gasteiger partial charge is 0.504 e. The van der Waals surface area contributed by atoms with Gasteiger partial charge in [-0.25, -0.2) is 0 Å². The van der Waals surface area contributed by atoms with Gasteiger partial charge in [-0.1, -0.05) is 38.3 Å². The molecule has 2 aromatic rings. The summed E-state index contributed by atoms with van der Waals surface area (Å²) in [6.45, 7) is 10.3. The maximum absolute atomic E-state index is 6.30. The average Bonchev–Trinajstić information content (AvgIpc) is 3.38. The van der Waals surface area contributed by atoms with Crippen molar-refractivity contribution in [1.29, 1.82) is 0 Å². The third-order valence-electron chi connectivity index (χ3n) is 5.46. The average molecular weight is 451 g/mol. The Morgan fingerprint density at radius 1 is 0.897 bits per heavy atom. The van der Waals surface area contributed by atoms with Gasteiger partial charge in [0.05, 0.1) is 4.34 Å². The fourth-order valence-corrected chi connectivity index (χ4v) is 6.16. The molecule has 2 nitrogen and oxygen atoms in total. The van der Waals surface area contributed by atoms with Crippen molar-refractivity contribution in [3.8, 4) is 0 Å². The van der Waals surface area contributed by atoms with Gasteiger partial charge in [0.25, 0.3) is 0 Å². The third-order valence-corrected chi connectivity index (χ3v) is 7.71. The predicted molar refractivity (Wildman–Crippen MR) is 131 cm³/mol. The first-order chi connectivity index (χ1) is 14.0. The van der Waals surface area contributed by atoms with Crippen molar-refractivity contribution < 1.29 is 9.31 Å². The Hall–Kier alpha value is -0.585.